The minimum absolute atomic E-state index is 0.0322. The highest BCUT2D eigenvalue weighted by Gasteiger charge is 2.36. The van der Waals surface area contributed by atoms with Crippen LogP contribution in [0.1, 0.15) is 18.0 Å². The van der Waals surface area contributed by atoms with E-state index < -0.39 is 24.5 Å². The highest BCUT2D eigenvalue weighted by atomic mass is 19.4. The summed E-state index contributed by atoms with van der Waals surface area (Å²) in [5, 5.41) is 3.10. The van der Waals surface area contributed by atoms with E-state index in [-0.39, 0.29) is 5.75 Å². The van der Waals surface area contributed by atoms with Gasteiger partial charge in [0, 0.05) is 32.2 Å². The molecule has 1 heterocycles. The van der Waals surface area contributed by atoms with Gasteiger partial charge in [-0.3, -0.25) is 4.90 Å². The average Bonchev–Trinajstić information content (AvgIpc) is 2.45. The number of hydrogen-bond acceptors (Lipinski definition) is 3. The molecule has 0 saturated carbocycles. The molecule has 118 valence electrons. The van der Waals surface area contributed by atoms with E-state index in [1.807, 2.05) is 0 Å². The first-order valence-corrected chi connectivity index (χ1v) is 6.75. The van der Waals surface area contributed by atoms with Gasteiger partial charge >= 0.3 is 6.18 Å². The number of alkyl halides is 3. The van der Waals surface area contributed by atoms with E-state index in [0.717, 1.165) is 6.07 Å². The van der Waals surface area contributed by atoms with E-state index in [9.17, 15) is 17.6 Å². The SMILES string of the molecule is COc1ccc([C@@H](CC(F)(F)F)N2CCNCC2)cc1F. The Morgan fingerprint density at radius 3 is 2.48 bits per heavy atom. The second kappa shape index (κ2) is 6.62. The molecule has 7 heteroatoms. The van der Waals surface area contributed by atoms with Crippen LogP contribution in [0.2, 0.25) is 0 Å². The number of piperazine rings is 1. The number of nitrogens with one attached hydrogen (secondary N) is 1. The van der Waals surface area contributed by atoms with Crippen molar-refractivity contribution in [1.82, 2.24) is 10.2 Å². The van der Waals surface area contributed by atoms with Crippen LogP contribution in [0.5, 0.6) is 5.75 Å². The Morgan fingerprint density at radius 2 is 1.95 bits per heavy atom. The normalized spacial score (nSPS) is 18.5. The fraction of sp³-hybridized carbons (Fsp3) is 0.571. The van der Waals surface area contributed by atoms with E-state index in [1.54, 1.807) is 4.90 Å². The number of benzene rings is 1. The maximum Gasteiger partial charge on any atom is 0.390 e. The molecule has 3 nitrogen and oxygen atoms in total. The molecule has 0 bridgehead atoms. The van der Waals surface area contributed by atoms with E-state index >= 15 is 0 Å². The Kier molecular flexibility index (Phi) is 5.05. The molecule has 1 N–H and O–H groups in total. The second-order valence-electron chi connectivity index (χ2n) is 5.02. The maximum atomic E-state index is 13.8. The summed E-state index contributed by atoms with van der Waals surface area (Å²) < 4.78 is 57.1. The van der Waals surface area contributed by atoms with Crippen molar-refractivity contribution < 1.29 is 22.3 Å². The molecule has 1 aromatic carbocycles. The molecule has 1 aromatic rings. The number of halogens is 4. The molecule has 2 rings (SSSR count). The van der Waals surface area contributed by atoms with Gasteiger partial charge in [-0.2, -0.15) is 13.2 Å². The summed E-state index contributed by atoms with van der Waals surface area (Å²) in [4.78, 5) is 1.74. The maximum absolute atomic E-state index is 13.8. The highest BCUT2D eigenvalue weighted by molar-refractivity contribution is 5.31. The van der Waals surface area contributed by atoms with Crippen LogP contribution in [-0.2, 0) is 0 Å². The van der Waals surface area contributed by atoms with Crippen molar-refractivity contribution in [2.45, 2.75) is 18.6 Å². The molecular weight excluding hydrogens is 288 g/mol. The number of ether oxygens (including phenoxy) is 1. The van der Waals surface area contributed by atoms with Crippen LogP contribution >= 0.6 is 0 Å². The van der Waals surface area contributed by atoms with Crippen molar-refractivity contribution in [3.8, 4) is 5.75 Å². The fourth-order valence-electron chi connectivity index (χ4n) is 2.56. The summed E-state index contributed by atoms with van der Waals surface area (Å²) in [5.74, 6) is -0.609. The zero-order valence-corrected chi connectivity index (χ0v) is 11.7. The number of rotatable bonds is 4. The lowest BCUT2D eigenvalue weighted by atomic mass is 10.0. The van der Waals surface area contributed by atoms with Gasteiger partial charge in [0.1, 0.15) is 0 Å². The first-order chi connectivity index (χ1) is 9.90. The Bertz CT molecular complexity index is 473. The Labute approximate surface area is 120 Å². The lowest BCUT2D eigenvalue weighted by Crippen LogP contribution is -2.46. The van der Waals surface area contributed by atoms with Crippen LogP contribution in [-0.4, -0.2) is 44.4 Å². The summed E-state index contributed by atoms with van der Waals surface area (Å²) >= 11 is 0. The summed E-state index contributed by atoms with van der Waals surface area (Å²) in [6, 6.07) is 3.14. The predicted octanol–water partition coefficient (Wildman–Crippen LogP) is 2.73. The van der Waals surface area contributed by atoms with E-state index in [2.05, 4.69) is 5.32 Å². The van der Waals surface area contributed by atoms with Gasteiger partial charge in [-0.1, -0.05) is 6.07 Å². The highest BCUT2D eigenvalue weighted by Crippen LogP contribution is 2.35. The van der Waals surface area contributed by atoms with Gasteiger partial charge in [0.05, 0.1) is 13.5 Å². The topological polar surface area (TPSA) is 24.5 Å². The van der Waals surface area contributed by atoms with E-state index in [4.69, 9.17) is 4.74 Å². The predicted molar refractivity (Wildman–Crippen MR) is 70.8 cm³/mol. The minimum atomic E-state index is -4.30. The standard InChI is InChI=1S/C14H18F4N2O/c1-21-13-3-2-10(8-11(13)15)12(9-14(16,17)18)20-6-4-19-5-7-20/h2-3,8,12,19H,4-7,9H2,1H3/t12-/m1/s1. The van der Waals surface area contributed by atoms with Crippen LogP contribution in [0.25, 0.3) is 0 Å². The first-order valence-electron chi connectivity index (χ1n) is 6.75. The van der Waals surface area contributed by atoms with Gasteiger partial charge in [0.2, 0.25) is 0 Å². The molecular formula is C14H18F4N2O. The van der Waals surface area contributed by atoms with Crippen molar-refractivity contribution in [3.05, 3.63) is 29.6 Å². The zero-order chi connectivity index (χ0) is 15.5. The van der Waals surface area contributed by atoms with E-state index in [1.165, 1.54) is 19.2 Å². The summed E-state index contributed by atoms with van der Waals surface area (Å²) in [6.07, 6.45) is -5.29. The van der Waals surface area contributed by atoms with Crippen molar-refractivity contribution in [3.63, 3.8) is 0 Å². The van der Waals surface area contributed by atoms with Crippen molar-refractivity contribution in [2.24, 2.45) is 0 Å². The smallest absolute Gasteiger partial charge is 0.390 e. The third-order valence-corrected chi connectivity index (χ3v) is 3.58. The molecule has 1 saturated heterocycles. The van der Waals surface area contributed by atoms with Crippen LogP contribution in [0.15, 0.2) is 18.2 Å². The molecule has 0 aromatic heterocycles. The molecule has 1 fully saturated rings. The Balaban J connectivity index is 2.27. The summed E-state index contributed by atoms with van der Waals surface area (Å²) in [6.45, 7) is 2.28. The molecule has 1 aliphatic rings. The first kappa shape index (κ1) is 16.0. The third-order valence-electron chi connectivity index (χ3n) is 3.58. The zero-order valence-electron chi connectivity index (χ0n) is 11.7. The van der Waals surface area contributed by atoms with Gasteiger partial charge in [-0.05, 0) is 17.7 Å². The number of nitrogens with zero attached hydrogens (tertiary/aromatic N) is 1. The summed E-state index contributed by atoms with van der Waals surface area (Å²) in [7, 11) is 1.32. The second-order valence-corrected chi connectivity index (χ2v) is 5.02. The molecule has 0 radical (unpaired) electrons. The van der Waals surface area contributed by atoms with E-state index in [0.29, 0.717) is 31.7 Å². The number of methoxy groups -OCH3 is 1. The molecule has 0 spiro atoms. The largest absolute Gasteiger partial charge is 0.494 e. The summed E-state index contributed by atoms with van der Waals surface area (Å²) in [5.41, 5.74) is 0.326. The lowest BCUT2D eigenvalue weighted by Gasteiger charge is -2.35. The van der Waals surface area contributed by atoms with Gasteiger partial charge < -0.3 is 10.1 Å². The Morgan fingerprint density at radius 1 is 1.29 bits per heavy atom. The molecule has 0 aliphatic carbocycles. The Hall–Kier alpha value is -1.34. The molecule has 1 aliphatic heterocycles. The van der Waals surface area contributed by atoms with Crippen molar-refractivity contribution >= 4 is 0 Å². The van der Waals surface area contributed by atoms with Crippen molar-refractivity contribution in [1.29, 1.82) is 0 Å². The van der Waals surface area contributed by atoms with Gasteiger partial charge in [0.25, 0.3) is 0 Å². The number of hydrogen-bond donors (Lipinski definition) is 1. The molecule has 0 amide bonds. The van der Waals surface area contributed by atoms with Gasteiger partial charge in [-0.25, -0.2) is 4.39 Å². The third kappa shape index (κ3) is 4.31. The molecule has 1 atom stereocenters. The van der Waals surface area contributed by atoms with Crippen molar-refractivity contribution in [2.75, 3.05) is 33.3 Å². The van der Waals surface area contributed by atoms with Gasteiger partial charge in [0.15, 0.2) is 11.6 Å². The molecule has 21 heavy (non-hydrogen) atoms. The average molecular weight is 306 g/mol. The van der Waals surface area contributed by atoms with Crippen LogP contribution in [0, 0.1) is 5.82 Å². The molecule has 0 unspecified atom stereocenters. The van der Waals surface area contributed by atoms with Crippen LogP contribution in [0.3, 0.4) is 0 Å². The van der Waals surface area contributed by atoms with Gasteiger partial charge in [-0.15, -0.1) is 0 Å². The van der Waals surface area contributed by atoms with Crippen LogP contribution < -0.4 is 10.1 Å². The lowest BCUT2D eigenvalue weighted by molar-refractivity contribution is -0.148. The minimum Gasteiger partial charge on any atom is -0.494 e. The quantitative estimate of drug-likeness (QED) is 0.866. The van der Waals surface area contributed by atoms with Crippen LogP contribution in [0.4, 0.5) is 17.6 Å². The monoisotopic (exact) mass is 306 g/mol. The fourth-order valence-corrected chi connectivity index (χ4v) is 2.56.